The zero-order valence-corrected chi connectivity index (χ0v) is 10.4. The first-order valence-electron chi connectivity index (χ1n) is 6.87. The fraction of sp³-hybridized carbons (Fsp3) is 0.643. The van der Waals surface area contributed by atoms with Crippen molar-refractivity contribution < 1.29 is 5.11 Å². The Kier molecular flexibility index (Phi) is 2.20. The lowest BCUT2D eigenvalue weighted by molar-refractivity contribution is 0.0966. The van der Waals surface area contributed by atoms with E-state index in [2.05, 4.69) is 9.88 Å². The third-order valence-electron chi connectivity index (χ3n) is 5.27. The summed E-state index contributed by atoms with van der Waals surface area (Å²) in [5.74, 6) is 2.00. The van der Waals surface area contributed by atoms with E-state index in [1.54, 1.807) is 6.20 Å². The minimum Gasteiger partial charge on any atom is -0.391 e. The van der Waals surface area contributed by atoms with E-state index in [0.29, 0.717) is 24.4 Å². The molecule has 3 N–H and O–H groups in total. The average molecular weight is 245 g/mol. The van der Waals surface area contributed by atoms with Crippen LogP contribution in [0.1, 0.15) is 18.4 Å². The van der Waals surface area contributed by atoms with Gasteiger partial charge in [-0.1, -0.05) is 0 Å². The van der Waals surface area contributed by atoms with E-state index < -0.39 is 0 Å². The molecule has 1 aromatic heterocycles. The Labute approximate surface area is 107 Å². The van der Waals surface area contributed by atoms with E-state index in [-0.39, 0.29) is 6.10 Å². The summed E-state index contributed by atoms with van der Waals surface area (Å²) in [6.45, 7) is 1.61. The smallest absolute Gasteiger partial charge is 0.0774 e. The quantitative estimate of drug-likeness (QED) is 0.807. The highest BCUT2D eigenvalue weighted by molar-refractivity contribution is 5.55. The second-order valence-electron chi connectivity index (χ2n) is 6.00. The number of rotatable bonds is 2. The number of aliphatic hydroxyl groups excluding tert-OH is 1. The molecule has 2 saturated carbocycles. The summed E-state index contributed by atoms with van der Waals surface area (Å²) < 4.78 is 0. The summed E-state index contributed by atoms with van der Waals surface area (Å²) in [6, 6.07) is 2.30. The minimum atomic E-state index is -0.153. The topological polar surface area (TPSA) is 62.4 Å². The monoisotopic (exact) mass is 245 g/mol. The van der Waals surface area contributed by atoms with Crippen molar-refractivity contribution in [1.82, 2.24) is 4.98 Å². The molecule has 2 bridgehead atoms. The lowest BCUT2D eigenvalue weighted by atomic mass is 9.88. The van der Waals surface area contributed by atoms with Gasteiger partial charge in [0.1, 0.15) is 0 Å². The van der Waals surface area contributed by atoms with Crippen LogP contribution in [0.15, 0.2) is 18.5 Å². The summed E-state index contributed by atoms with van der Waals surface area (Å²) in [5.41, 5.74) is 8.10. The van der Waals surface area contributed by atoms with E-state index in [9.17, 15) is 5.11 Å². The first kappa shape index (κ1) is 10.8. The fourth-order valence-corrected chi connectivity index (χ4v) is 4.54. The lowest BCUT2D eigenvalue weighted by Gasteiger charge is -2.31. The van der Waals surface area contributed by atoms with Crippen LogP contribution in [0.4, 0.5) is 5.69 Å². The molecule has 96 valence electrons. The van der Waals surface area contributed by atoms with Crippen LogP contribution in [0.25, 0.3) is 0 Å². The van der Waals surface area contributed by atoms with Crippen molar-refractivity contribution in [2.75, 3.05) is 11.4 Å². The van der Waals surface area contributed by atoms with Gasteiger partial charge >= 0.3 is 0 Å². The van der Waals surface area contributed by atoms with Crippen molar-refractivity contribution in [2.24, 2.45) is 23.5 Å². The Morgan fingerprint density at radius 3 is 3.06 bits per heavy atom. The number of fused-ring (bicyclic) bond motifs is 1. The highest BCUT2D eigenvalue weighted by Crippen LogP contribution is 2.55. The van der Waals surface area contributed by atoms with Crippen molar-refractivity contribution in [2.45, 2.75) is 31.5 Å². The molecule has 0 radical (unpaired) electrons. The largest absolute Gasteiger partial charge is 0.391 e. The van der Waals surface area contributed by atoms with E-state index in [1.807, 2.05) is 12.3 Å². The molecule has 4 heteroatoms. The van der Waals surface area contributed by atoms with Crippen LogP contribution in [0.2, 0.25) is 0 Å². The highest BCUT2D eigenvalue weighted by atomic mass is 16.3. The van der Waals surface area contributed by atoms with Gasteiger partial charge < -0.3 is 15.7 Å². The molecule has 1 aromatic rings. The van der Waals surface area contributed by atoms with Gasteiger partial charge in [-0.3, -0.25) is 4.98 Å². The molecule has 5 unspecified atom stereocenters. The molecule has 1 saturated heterocycles. The number of nitrogens with zero attached hydrogens (tertiary/aromatic N) is 2. The van der Waals surface area contributed by atoms with E-state index in [0.717, 1.165) is 23.7 Å². The SMILES string of the molecule is NCc1ccncc1N1CC2CC3CC2C1C3O. The Balaban J connectivity index is 1.74. The van der Waals surface area contributed by atoms with Gasteiger partial charge in [-0.2, -0.15) is 0 Å². The molecule has 0 spiro atoms. The first-order chi connectivity index (χ1) is 8.79. The average Bonchev–Trinajstić information content (AvgIpc) is 3.00. The van der Waals surface area contributed by atoms with Crippen LogP contribution in [0.5, 0.6) is 0 Å². The predicted octanol–water partition coefficient (Wildman–Crippen LogP) is 0.746. The van der Waals surface area contributed by atoms with Crippen LogP contribution in [0.3, 0.4) is 0 Å². The maximum absolute atomic E-state index is 10.4. The van der Waals surface area contributed by atoms with Crippen LogP contribution < -0.4 is 10.6 Å². The van der Waals surface area contributed by atoms with Crippen molar-refractivity contribution in [3.8, 4) is 0 Å². The number of hydrogen-bond donors (Lipinski definition) is 2. The standard InChI is InChI=1S/C14H19N3O/c15-5-8-1-2-16-6-12(8)17-7-10-3-9-4-11(10)13(17)14(9)18/h1-2,6,9-11,13-14,18H,3-5,7,15H2. The number of aliphatic hydroxyl groups is 1. The molecule has 4 rings (SSSR count). The van der Waals surface area contributed by atoms with Crippen molar-refractivity contribution in [3.05, 3.63) is 24.0 Å². The van der Waals surface area contributed by atoms with Gasteiger partial charge in [0.25, 0.3) is 0 Å². The van der Waals surface area contributed by atoms with E-state index in [1.165, 1.54) is 12.8 Å². The zero-order chi connectivity index (χ0) is 12.3. The van der Waals surface area contributed by atoms with E-state index >= 15 is 0 Å². The summed E-state index contributed by atoms with van der Waals surface area (Å²) in [6.07, 6.45) is 5.97. The Hall–Kier alpha value is -1.13. The van der Waals surface area contributed by atoms with Gasteiger partial charge in [0.05, 0.1) is 24.0 Å². The van der Waals surface area contributed by atoms with Crippen molar-refractivity contribution in [1.29, 1.82) is 0 Å². The van der Waals surface area contributed by atoms with Crippen LogP contribution in [0, 0.1) is 17.8 Å². The summed E-state index contributed by atoms with van der Waals surface area (Å²) >= 11 is 0. The van der Waals surface area contributed by atoms with Gasteiger partial charge in [-0.05, 0) is 42.2 Å². The first-order valence-corrected chi connectivity index (χ1v) is 6.87. The van der Waals surface area contributed by atoms with Gasteiger partial charge in [0, 0.05) is 19.3 Å². The molecule has 4 nitrogen and oxygen atoms in total. The molecule has 0 aromatic carbocycles. The Bertz CT molecular complexity index is 476. The summed E-state index contributed by atoms with van der Waals surface area (Å²) in [5, 5.41) is 10.4. The molecule has 5 atom stereocenters. The number of hydrogen-bond acceptors (Lipinski definition) is 4. The molecule has 2 heterocycles. The summed E-state index contributed by atoms with van der Waals surface area (Å²) in [4.78, 5) is 6.61. The van der Waals surface area contributed by atoms with Gasteiger partial charge in [0.2, 0.25) is 0 Å². The lowest BCUT2D eigenvalue weighted by Crippen LogP contribution is -2.41. The second-order valence-corrected chi connectivity index (χ2v) is 6.00. The Morgan fingerprint density at radius 2 is 2.28 bits per heavy atom. The molecule has 2 aliphatic carbocycles. The number of pyridine rings is 1. The predicted molar refractivity (Wildman–Crippen MR) is 69.0 cm³/mol. The van der Waals surface area contributed by atoms with Crippen molar-refractivity contribution in [3.63, 3.8) is 0 Å². The Morgan fingerprint density at radius 1 is 1.39 bits per heavy atom. The fourth-order valence-electron chi connectivity index (χ4n) is 4.54. The number of aromatic nitrogens is 1. The molecule has 0 amide bonds. The summed E-state index contributed by atoms with van der Waals surface area (Å²) in [7, 11) is 0. The van der Waals surface area contributed by atoms with Crippen molar-refractivity contribution >= 4 is 5.69 Å². The molecule has 18 heavy (non-hydrogen) atoms. The zero-order valence-electron chi connectivity index (χ0n) is 10.4. The number of nitrogens with two attached hydrogens (primary N) is 1. The third kappa shape index (κ3) is 1.25. The van der Waals surface area contributed by atoms with Gasteiger partial charge in [-0.25, -0.2) is 0 Å². The maximum Gasteiger partial charge on any atom is 0.0774 e. The second kappa shape index (κ2) is 3.68. The molecule has 3 fully saturated rings. The molecular formula is C14H19N3O. The molecular weight excluding hydrogens is 226 g/mol. The third-order valence-corrected chi connectivity index (χ3v) is 5.27. The highest BCUT2D eigenvalue weighted by Gasteiger charge is 2.59. The minimum absolute atomic E-state index is 0.153. The molecule has 3 aliphatic rings. The van der Waals surface area contributed by atoms with Crippen LogP contribution in [-0.2, 0) is 6.54 Å². The van der Waals surface area contributed by atoms with Crippen LogP contribution >= 0.6 is 0 Å². The maximum atomic E-state index is 10.4. The van der Waals surface area contributed by atoms with Crippen LogP contribution in [-0.4, -0.2) is 28.8 Å². The van der Waals surface area contributed by atoms with Gasteiger partial charge in [0.15, 0.2) is 0 Å². The normalized spacial score (nSPS) is 40.8. The number of anilines is 1. The van der Waals surface area contributed by atoms with Gasteiger partial charge in [-0.15, -0.1) is 0 Å². The molecule has 1 aliphatic heterocycles. The van der Waals surface area contributed by atoms with E-state index in [4.69, 9.17) is 5.73 Å².